The van der Waals surface area contributed by atoms with Gasteiger partial charge in [0.25, 0.3) is 0 Å². The molecule has 0 spiro atoms. The molecule has 1 aliphatic carbocycles. The van der Waals surface area contributed by atoms with Crippen molar-refractivity contribution in [1.29, 1.82) is 0 Å². The zero-order valence-electron chi connectivity index (χ0n) is 10.3. The van der Waals surface area contributed by atoms with Gasteiger partial charge in [-0.1, -0.05) is 41.3 Å². The summed E-state index contributed by atoms with van der Waals surface area (Å²) in [5, 5.41) is 9.59. The number of halogens is 2. The summed E-state index contributed by atoms with van der Waals surface area (Å²) in [5.41, 5.74) is 0.139. The van der Waals surface area contributed by atoms with Crippen LogP contribution in [-0.2, 0) is 10.2 Å². The van der Waals surface area contributed by atoms with Gasteiger partial charge < -0.3 is 5.11 Å². The van der Waals surface area contributed by atoms with E-state index in [4.69, 9.17) is 0 Å². The predicted octanol–water partition coefficient (Wildman–Crippen LogP) is 4.18. The Balaban J connectivity index is 2.63. The van der Waals surface area contributed by atoms with Crippen molar-refractivity contribution in [2.75, 3.05) is 0 Å². The van der Waals surface area contributed by atoms with Crippen molar-refractivity contribution in [3.8, 4) is 0 Å². The molecule has 1 fully saturated rings. The van der Waals surface area contributed by atoms with E-state index in [0.717, 1.165) is 24.8 Å². The molecule has 1 N–H and O–H groups in total. The van der Waals surface area contributed by atoms with Crippen molar-refractivity contribution < 1.29 is 14.3 Å². The van der Waals surface area contributed by atoms with Gasteiger partial charge in [0.1, 0.15) is 5.82 Å². The van der Waals surface area contributed by atoms with Crippen LogP contribution in [0.5, 0.6) is 0 Å². The monoisotopic (exact) mass is 314 g/mol. The fourth-order valence-corrected chi connectivity index (χ4v) is 3.52. The molecule has 0 aromatic heterocycles. The number of rotatable bonds is 2. The second-order valence-electron chi connectivity index (χ2n) is 5.00. The average molecular weight is 315 g/mol. The lowest BCUT2D eigenvalue weighted by molar-refractivity contribution is -0.145. The summed E-state index contributed by atoms with van der Waals surface area (Å²) in [6, 6.07) is 3.04. The van der Waals surface area contributed by atoms with Crippen LogP contribution in [0.2, 0.25) is 0 Å². The van der Waals surface area contributed by atoms with Gasteiger partial charge in [-0.15, -0.1) is 0 Å². The first kappa shape index (κ1) is 13.5. The minimum Gasteiger partial charge on any atom is -0.481 e. The zero-order chi connectivity index (χ0) is 13.3. The first-order chi connectivity index (χ1) is 8.49. The van der Waals surface area contributed by atoms with E-state index in [-0.39, 0.29) is 0 Å². The second kappa shape index (κ2) is 5.00. The molecule has 0 atom stereocenters. The highest BCUT2D eigenvalue weighted by Crippen LogP contribution is 2.44. The first-order valence-corrected chi connectivity index (χ1v) is 6.97. The van der Waals surface area contributed by atoms with Crippen LogP contribution in [0.4, 0.5) is 4.39 Å². The molecule has 0 amide bonds. The van der Waals surface area contributed by atoms with Crippen molar-refractivity contribution in [2.24, 2.45) is 0 Å². The zero-order valence-corrected chi connectivity index (χ0v) is 11.9. The standard InChI is InChI=1S/C14H16BrFO2/c1-9-5-6-10(16)11(12(9)15)14(13(17)18)7-3-2-4-8-14/h5-6H,2-4,7-8H2,1H3,(H,17,18). The van der Waals surface area contributed by atoms with E-state index in [2.05, 4.69) is 15.9 Å². The summed E-state index contributed by atoms with van der Waals surface area (Å²) in [7, 11) is 0. The molecule has 2 nitrogen and oxygen atoms in total. The third-order valence-corrected chi connectivity index (χ3v) is 4.90. The average Bonchev–Trinajstić information content (AvgIpc) is 2.35. The third kappa shape index (κ3) is 2.07. The summed E-state index contributed by atoms with van der Waals surface area (Å²) in [5.74, 6) is -1.33. The molecular weight excluding hydrogens is 299 g/mol. The molecule has 0 aliphatic heterocycles. The molecule has 1 aromatic carbocycles. The second-order valence-corrected chi connectivity index (χ2v) is 5.79. The van der Waals surface area contributed by atoms with Gasteiger partial charge in [-0.25, -0.2) is 4.39 Å². The summed E-state index contributed by atoms with van der Waals surface area (Å²) >= 11 is 3.37. The number of carboxylic acids is 1. The Kier molecular flexibility index (Phi) is 3.76. The van der Waals surface area contributed by atoms with E-state index in [1.165, 1.54) is 6.07 Å². The molecular formula is C14H16BrFO2. The number of hydrogen-bond donors (Lipinski definition) is 1. The molecule has 0 heterocycles. The van der Waals surface area contributed by atoms with Crippen molar-refractivity contribution in [1.82, 2.24) is 0 Å². The van der Waals surface area contributed by atoms with E-state index in [0.29, 0.717) is 22.9 Å². The lowest BCUT2D eigenvalue weighted by Gasteiger charge is -2.34. The van der Waals surface area contributed by atoms with Crippen LogP contribution >= 0.6 is 15.9 Å². The molecule has 2 rings (SSSR count). The SMILES string of the molecule is Cc1ccc(F)c(C2(C(=O)O)CCCCC2)c1Br. The number of aliphatic carboxylic acids is 1. The molecule has 1 aromatic rings. The Bertz CT molecular complexity index is 479. The fraction of sp³-hybridized carbons (Fsp3) is 0.500. The highest BCUT2D eigenvalue weighted by Gasteiger charge is 2.44. The largest absolute Gasteiger partial charge is 0.481 e. The Morgan fingerprint density at radius 3 is 2.50 bits per heavy atom. The van der Waals surface area contributed by atoms with E-state index >= 15 is 0 Å². The van der Waals surface area contributed by atoms with Crippen LogP contribution < -0.4 is 0 Å². The summed E-state index contributed by atoms with van der Waals surface area (Å²) in [6.45, 7) is 1.85. The normalized spacial score (nSPS) is 18.6. The highest BCUT2D eigenvalue weighted by molar-refractivity contribution is 9.10. The van der Waals surface area contributed by atoms with Gasteiger partial charge >= 0.3 is 5.97 Å². The van der Waals surface area contributed by atoms with Gasteiger partial charge in [0.15, 0.2) is 0 Å². The van der Waals surface area contributed by atoms with Gasteiger partial charge in [0, 0.05) is 10.0 Å². The molecule has 0 radical (unpaired) electrons. The molecule has 4 heteroatoms. The Morgan fingerprint density at radius 2 is 1.94 bits per heavy atom. The molecule has 18 heavy (non-hydrogen) atoms. The number of benzene rings is 1. The van der Waals surface area contributed by atoms with E-state index in [1.807, 2.05) is 6.92 Å². The van der Waals surface area contributed by atoms with Crippen LogP contribution in [0.15, 0.2) is 16.6 Å². The van der Waals surface area contributed by atoms with Gasteiger partial charge in [-0.2, -0.15) is 0 Å². The minimum absolute atomic E-state index is 0.328. The summed E-state index contributed by atoms with van der Waals surface area (Å²) < 4.78 is 14.7. The van der Waals surface area contributed by atoms with Crippen LogP contribution in [0.3, 0.4) is 0 Å². The van der Waals surface area contributed by atoms with Crippen LogP contribution in [0.25, 0.3) is 0 Å². The van der Waals surface area contributed by atoms with Crippen LogP contribution in [0, 0.1) is 12.7 Å². The van der Waals surface area contributed by atoms with Crippen molar-refractivity contribution in [3.63, 3.8) is 0 Å². The molecule has 0 unspecified atom stereocenters. The van der Waals surface area contributed by atoms with Gasteiger partial charge in [-0.05, 0) is 31.4 Å². The number of carboxylic acid groups (broad SMARTS) is 1. The van der Waals surface area contributed by atoms with E-state index in [9.17, 15) is 14.3 Å². The maximum Gasteiger partial charge on any atom is 0.314 e. The van der Waals surface area contributed by atoms with Gasteiger partial charge in [-0.3, -0.25) is 4.79 Å². The van der Waals surface area contributed by atoms with Crippen molar-refractivity contribution in [2.45, 2.75) is 44.4 Å². The Labute approximate surface area is 114 Å². The molecule has 0 bridgehead atoms. The first-order valence-electron chi connectivity index (χ1n) is 6.17. The topological polar surface area (TPSA) is 37.3 Å². The Hall–Kier alpha value is -0.900. The van der Waals surface area contributed by atoms with Crippen molar-refractivity contribution >= 4 is 21.9 Å². The molecule has 1 saturated carbocycles. The van der Waals surface area contributed by atoms with E-state index in [1.54, 1.807) is 6.07 Å². The predicted molar refractivity (Wildman–Crippen MR) is 71.2 cm³/mol. The lowest BCUT2D eigenvalue weighted by atomic mass is 9.69. The Morgan fingerprint density at radius 1 is 1.33 bits per heavy atom. The van der Waals surface area contributed by atoms with Crippen molar-refractivity contribution in [3.05, 3.63) is 33.5 Å². The van der Waals surface area contributed by atoms with E-state index < -0.39 is 17.2 Å². The maximum absolute atomic E-state index is 14.1. The van der Waals surface area contributed by atoms with Gasteiger partial charge in [0.05, 0.1) is 5.41 Å². The smallest absolute Gasteiger partial charge is 0.314 e. The maximum atomic E-state index is 14.1. The highest BCUT2D eigenvalue weighted by atomic mass is 79.9. The van der Waals surface area contributed by atoms with Gasteiger partial charge in [0.2, 0.25) is 0 Å². The van der Waals surface area contributed by atoms with Crippen LogP contribution in [-0.4, -0.2) is 11.1 Å². The third-order valence-electron chi connectivity index (χ3n) is 3.88. The number of aryl methyl sites for hydroxylation is 1. The quantitative estimate of drug-likeness (QED) is 0.889. The van der Waals surface area contributed by atoms with Crippen LogP contribution in [0.1, 0.15) is 43.2 Å². The number of carbonyl (C=O) groups is 1. The fourth-order valence-electron chi connectivity index (χ4n) is 2.82. The molecule has 98 valence electrons. The summed E-state index contributed by atoms with van der Waals surface area (Å²) in [4.78, 5) is 11.7. The molecule has 0 saturated heterocycles. The summed E-state index contributed by atoms with van der Waals surface area (Å²) in [6.07, 6.45) is 3.74. The minimum atomic E-state index is -1.06. The number of hydrogen-bond acceptors (Lipinski definition) is 1. The molecule has 1 aliphatic rings. The lowest BCUT2D eigenvalue weighted by Crippen LogP contribution is -2.39.